The number of rotatable bonds is 4. The standard InChI is InChI=1S/C17H17NO2/c1-13-7-3-5-9-15(13)18-17(19)12-11-14-8-4-6-10-16(14)20-2/h3-12H,1-2H3,(H,18,19)/b12-11+. The summed E-state index contributed by atoms with van der Waals surface area (Å²) in [5.74, 6) is 0.581. The van der Waals surface area contributed by atoms with E-state index in [0.29, 0.717) is 0 Å². The van der Waals surface area contributed by atoms with Gasteiger partial charge in [0.15, 0.2) is 0 Å². The molecule has 3 nitrogen and oxygen atoms in total. The van der Waals surface area contributed by atoms with Gasteiger partial charge in [-0.3, -0.25) is 4.79 Å². The van der Waals surface area contributed by atoms with Crippen LogP contribution in [0.1, 0.15) is 11.1 Å². The van der Waals surface area contributed by atoms with Crippen LogP contribution in [-0.4, -0.2) is 13.0 Å². The van der Waals surface area contributed by atoms with Gasteiger partial charge in [0.05, 0.1) is 7.11 Å². The van der Waals surface area contributed by atoms with Crippen molar-refractivity contribution in [3.8, 4) is 5.75 Å². The Hall–Kier alpha value is -2.55. The maximum Gasteiger partial charge on any atom is 0.248 e. The van der Waals surface area contributed by atoms with Gasteiger partial charge in [0.1, 0.15) is 5.75 Å². The first-order valence-electron chi connectivity index (χ1n) is 6.38. The van der Waals surface area contributed by atoms with E-state index in [9.17, 15) is 4.79 Å². The quantitative estimate of drug-likeness (QED) is 0.859. The van der Waals surface area contributed by atoms with E-state index in [1.807, 2.05) is 55.5 Å². The van der Waals surface area contributed by atoms with Crippen molar-refractivity contribution >= 4 is 17.7 Å². The van der Waals surface area contributed by atoms with Gasteiger partial charge in [0.25, 0.3) is 0 Å². The molecular formula is C17H17NO2. The lowest BCUT2D eigenvalue weighted by atomic mass is 10.2. The first-order valence-corrected chi connectivity index (χ1v) is 6.38. The van der Waals surface area contributed by atoms with Crippen LogP contribution < -0.4 is 10.1 Å². The highest BCUT2D eigenvalue weighted by Crippen LogP contribution is 2.19. The number of hydrogen-bond acceptors (Lipinski definition) is 2. The van der Waals surface area contributed by atoms with Gasteiger partial charge < -0.3 is 10.1 Å². The van der Waals surface area contributed by atoms with E-state index in [-0.39, 0.29) is 5.91 Å². The molecule has 0 unspecified atom stereocenters. The predicted octanol–water partition coefficient (Wildman–Crippen LogP) is 3.66. The normalized spacial score (nSPS) is 10.5. The number of methoxy groups -OCH3 is 1. The monoisotopic (exact) mass is 267 g/mol. The number of ether oxygens (including phenoxy) is 1. The number of carbonyl (C=O) groups excluding carboxylic acids is 1. The van der Waals surface area contributed by atoms with E-state index in [1.165, 1.54) is 6.08 Å². The summed E-state index contributed by atoms with van der Waals surface area (Å²) >= 11 is 0. The Balaban J connectivity index is 2.08. The molecule has 0 radical (unpaired) electrons. The van der Waals surface area contributed by atoms with E-state index in [1.54, 1.807) is 13.2 Å². The van der Waals surface area contributed by atoms with Crippen molar-refractivity contribution in [2.45, 2.75) is 6.92 Å². The SMILES string of the molecule is COc1ccccc1/C=C/C(=O)Nc1ccccc1C. The summed E-state index contributed by atoms with van der Waals surface area (Å²) in [6.45, 7) is 1.96. The summed E-state index contributed by atoms with van der Waals surface area (Å²) in [6, 6.07) is 15.2. The third kappa shape index (κ3) is 3.48. The molecule has 2 rings (SSSR count). The molecule has 20 heavy (non-hydrogen) atoms. The second-order valence-electron chi connectivity index (χ2n) is 4.38. The molecule has 0 aliphatic heterocycles. The molecule has 2 aromatic carbocycles. The summed E-state index contributed by atoms with van der Waals surface area (Å²) < 4.78 is 5.23. The Morgan fingerprint density at radius 3 is 2.55 bits per heavy atom. The molecule has 0 saturated carbocycles. The lowest BCUT2D eigenvalue weighted by Gasteiger charge is -2.06. The van der Waals surface area contributed by atoms with E-state index >= 15 is 0 Å². The molecule has 1 N–H and O–H groups in total. The molecule has 0 spiro atoms. The number of anilines is 1. The molecule has 0 atom stereocenters. The molecule has 0 fully saturated rings. The molecular weight excluding hydrogens is 250 g/mol. The zero-order valence-electron chi connectivity index (χ0n) is 11.6. The maximum absolute atomic E-state index is 11.9. The number of para-hydroxylation sites is 2. The smallest absolute Gasteiger partial charge is 0.248 e. The average molecular weight is 267 g/mol. The summed E-state index contributed by atoms with van der Waals surface area (Å²) in [5, 5.41) is 2.85. The second kappa shape index (κ2) is 6.57. The van der Waals surface area contributed by atoms with Crippen LogP contribution in [0.3, 0.4) is 0 Å². The van der Waals surface area contributed by atoms with Crippen LogP contribution in [0.4, 0.5) is 5.69 Å². The van der Waals surface area contributed by atoms with Crippen LogP contribution in [0.5, 0.6) is 5.75 Å². The van der Waals surface area contributed by atoms with Gasteiger partial charge in [-0.05, 0) is 30.7 Å². The topological polar surface area (TPSA) is 38.3 Å². The van der Waals surface area contributed by atoms with Crippen molar-refractivity contribution < 1.29 is 9.53 Å². The Labute approximate surface area is 118 Å². The van der Waals surface area contributed by atoms with Crippen LogP contribution in [-0.2, 0) is 4.79 Å². The minimum absolute atomic E-state index is 0.162. The largest absolute Gasteiger partial charge is 0.496 e. The van der Waals surface area contributed by atoms with Gasteiger partial charge in [-0.15, -0.1) is 0 Å². The number of carbonyl (C=O) groups is 1. The van der Waals surface area contributed by atoms with Crippen LogP contribution in [0.2, 0.25) is 0 Å². The molecule has 0 bridgehead atoms. The fraction of sp³-hybridized carbons (Fsp3) is 0.118. The van der Waals surface area contributed by atoms with Gasteiger partial charge in [0.2, 0.25) is 5.91 Å². The highest BCUT2D eigenvalue weighted by Gasteiger charge is 2.01. The van der Waals surface area contributed by atoms with Gasteiger partial charge >= 0.3 is 0 Å². The highest BCUT2D eigenvalue weighted by atomic mass is 16.5. The highest BCUT2D eigenvalue weighted by molar-refractivity contribution is 6.02. The molecule has 1 amide bonds. The van der Waals surface area contributed by atoms with Gasteiger partial charge in [-0.25, -0.2) is 0 Å². The van der Waals surface area contributed by atoms with E-state index in [0.717, 1.165) is 22.6 Å². The minimum atomic E-state index is -0.162. The molecule has 0 saturated heterocycles. The number of benzene rings is 2. The van der Waals surface area contributed by atoms with Gasteiger partial charge in [0, 0.05) is 17.3 Å². The molecule has 3 heteroatoms. The summed E-state index contributed by atoms with van der Waals surface area (Å²) in [7, 11) is 1.61. The van der Waals surface area contributed by atoms with Crippen molar-refractivity contribution in [1.82, 2.24) is 0 Å². The third-order valence-corrected chi connectivity index (χ3v) is 2.96. The Bertz CT molecular complexity index is 632. The average Bonchev–Trinajstić information content (AvgIpc) is 2.48. The predicted molar refractivity (Wildman–Crippen MR) is 81.8 cm³/mol. The lowest BCUT2D eigenvalue weighted by molar-refractivity contribution is -0.111. The molecule has 102 valence electrons. The Kier molecular flexibility index (Phi) is 4.56. The van der Waals surface area contributed by atoms with Gasteiger partial charge in [-0.2, -0.15) is 0 Å². The van der Waals surface area contributed by atoms with E-state index in [2.05, 4.69) is 5.32 Å². The second-order valence-corrected chi connectivity index (χ2v) is 4.38. The fourth-order valence-electron chi connectivity index (χ4n) is 1.86. The number of nitrogens with one attached hydrogen (secondary N) is 1. The van der Waals surface area contributed by atoms with Crippen LogP contribution in [0, 0.1) is 6.92 Å². The van der Waals surface area contributed by atoms with Crippen molar-refractivity contribution in [1.29, 1.82) is 0 Å². The zero-order valence-corrected chi connectivity index (χ0v) is 11.6. The minimum Gasteiger partial charge on any atom is -0.496 e. The molecule has 0 aromatic heterocycles. The van der Waals surface area contributed by atoms with Gasteiger partial charge in [-0.1, -0.05) is 36.4 Å². The molecule has 2 aromatic rings. The first-order chi connectivity index (χ1) is 9.70. The zero-order chi connectivity index (χ0) is 14.4. The Morgan fingerprint density at radius 2 is 1.80 bits per heavy atom. The summed E-state index contributed by atoms with van der Waals surface area (Å²) in [6.07, 6.45) is 3.25. The van der Waals surface area contributed by atoms with Crippen molar-refractivity contribution in [2.75, 3.05) is 12.4 Å². The van der Waals surface area contributed by atoms with Crippen LogP contribution in [0.25, 0.3) is 6.08 Å². The van der Waals surface area contributed by atoms with Crippen LogP contribution in [0.15, 0.2) is 54.6 Å². The third-order valence-electron chi connectivity index (χ3n) is 2.96. The Morgan fingerprint density at radius 1 is 1.10 bits per heavy atom. The molecule has 0 heterocycles. The number of aryl methyl sites for hydroxylation is 1. The molecule has 0 aliphatic rings. The fourth-order valence-corrected chi connectivity index (χ4v) is 1.86. The summed E-state index contributed by atoms with van der Waals surface area (Å²) in [5.41, 5.74) is 2.73. The number of amides is 1. The van der Waals surface area contributed by atoms with Crippen molar-refractivity contribution in [3.05, 3.63) is 65.7 Å². The maximum atomic E-state index is 11.9. The number of hydrogen-bond donors (Lipinski definition) is 1. The summed E-state index contributed by atoms with van der Waals surface area (Å²) in [4.78, 5) is 11.9. The lowest BCUT2D eigenvalue weighted by Crippen LogP contribution is -2.08. The molecule has 0 aliphatic carbocycles. The van der Waals surface area contributed by atoms with Crippen molar-refractivity contribution in [2.24, 2.45) is 0 Å². The van der Waals surface area contributed by atoms with Crippen molar-refractivity contribution in [3.63, 3.8) is 0 Å². The van der Waals surface area contributed by atoms with E-state index < -0.39 is 0 Å². The van der Waals surface area contributed by atoms with E-state index in [4.69, 9.17) is 4.74 Å². The first kappa shape index (κ1) is 13.9. The van der Waals surface area contributed by atoms with Crippen LogP contribution >= 0.6 is 0 Å².